The second kappa shape index (κ2) is 13.6. The Kier molecular flexibility index (Phi) is 9.69. The molecule has 8 heteroatoms. The number of hydrogen-bond acceptors (Lipinski definition) is 5. The number of carbonyl (C=O) groups is 3. The molecule has 39 heavy (non-hydrogen) atoms. The van der Waals surface area contributed by atoms with Crippen LogP contribution in [0.25, 0.3) is 0 Å². The van der Waals surface area contributed by atoms with Gasteiger partial charge in [0.25, 0.3) is 0 Å². The average molecular weight is 529 g/mol. The minimum atomic E-state index is -0.897. The van der Waals surface area contributed by atoms with Crippen molar-refractivity contribution >= 4 is 17.7 Å². The van der Waals surface area contributed by atoms with Gasteiger partial charge in [0.15, 0.2) is 0 Å². The van der Waals surface area contributed by atoms with Gasteiger partial charge >= 0.3 is 0 Å². The standard InChI is InChI=1S/C31H36N4O4/c1-39-25-15-8-14-24(18-25)21-35-17-9-16-28(35)31(38)34-27(20-23-12-6-3-7-13-23)30(37)33-26(29(32)36)19-22-10-4-2-5-11-22/h2-8,10-15,18,26-28H,9,16-17,19-21H2,1H3,(H2,32,36)(H,33,37)(H,34,38)/t26-,27-,28-/m0/s1. The number of rotatable bonds is 12. The first-order valence-corrected chi connectivity index (χ1v) is 13.3. The van der Waals surface area contributed by atoms with E-state index in [0.717, 1.165) is 35.4 Å². The summed E-state index contributed by atoms with van der Waals surface area (Å²) in [5, 5.41) is 5.77. The van der Waals surface area contributed by atoms with E-state index in [1.54, 1.807) is 7.11 Å². The number of nitrogens with zero attached hydrogens (tertiary/aromatic N) is 1. The number of nitrogens with one attached hydrogen (secondary N) is 2. The summed E-state index contributed by atoms with van der Waals surface area (Å²) >= 11 is 0. The summed E-state index contributed by atoms with van der Waals surface area (Å²) in [5.74, 6) is -0.501. The van der Waals surface area contributed by atoms with Gasteiger partial charge in [0, 0.05) is 19.4 Å². The van der Waals surface area contributed by atoms with E-state index in [4.69, 9.17) is 10.5 Å². The Hall–Kier alpha value is -4.17. The maximum Gasteiger partial charge on any atom is 0.243 e. The molecule has 4 N–H and O–H groups in total. The average Bonchev–Trinajstić information content (AvgIpc) is 3.41. The van der Waals surface area contributed by atoms with Gasteiger partial charge in [-0.2, -0.15) is 0 Å². The molecule has 3 aromatic rings. The Morgan fingerprint density at radius 2 is 1.49 bits per heavy atom. The molecule has 0 aromatic heterocycles. The summed E-state index contributed by atoms with van der Waals surface area (Å²) in [7, 11) is 1.63. The Labute approximate surface area is 229 Å². The lowest BCUT2D eigenvalue weighted by Gasteiger charge is -2.27. The summed E-state index contributed by atoms with van der Waals surface area (Å²) in [4.78, 5) is 41.4. The summed E-state index contributed by atoms with van der Waals surface area (Å²) in [6, 6.07) is 24.5. The third kappa shape index (κ3) is 7.91. The molecular formula is C31H36N4O4. The molecule has 4 rings (SSSR count). The number of ether oxygens (including phenoxy) is 1. The van der Waals surface area contributed by atoms with Crippen LogP contribution in [0.4, 0.5) is 0 Å². The van der Waals surface area contributed by atoms with Crippen molar-refractivity contribution in [1.82, 2.24) is 15.5 Å². The molecule has 0 spiro atoms. The Morgan fingerprint density at radius 3 is 2.10 bits per heavy atom. The zero-order valence-corrected chi connectivity index (χ0v) is 22.2. The molecule has 1 saturated heterocycles. The summed E-state index contributed by atoms with van der Waals surface area (Å²) < 4.78 is 5.34. The molecule has 0 radical (unpaired) electrons. The number of methoxy groups -OCH3 is 1. The van der Waals surface area contributed by atoms with Crippen molar-refractivity contribution in [2.45, 2.75) is 50.4 Å². The molecule has 8 nitrogen and oxygen atoms in total. The molecule has 204 valence electrons. The maximum atomic E-state index is 13.5. The number of nitrogens with two attached hydrogens (primary N) is 1. The normalized spacial score (nSPS) is 16.7. The second-order valence-electron chi connectivity index (χ2n) is 9.88. The Bertz CT molecular complexity index is 1250. The van der Waals surface area contributed by atoms with Crippen molar-refractivity contribution in [1.29, 1.82) is 0 Å². The highest BCUT2D eigenvalue weighted by Gasteiger charge is 2.34. The van der Waals surface area contributed by atoms with Crippen LogP contribution >= 0.6 is 0 Å². The third-order valence-corrected chi connectivity index (χ3v) is 7.04. The van der Waals surface area contributed by atoms with E-state index in [9.17, 15) is 14.4 Å². The van der Waals surface area contributed by atoms with Gasteiger partial charge in [0.1, 0.15) is 17.8 Å². The third-order valence-electron chi connectivity index (χ3n) is 7.04. The summed E-state index contributed by atoms with van der Waals surface area (Å²) in [6.07, 6.45) is 2.15. The van der Waals surface area contributed by atoms with E-state index in [1.165, 1.54) is 0 Å². The molecule has 3 atom stereocenters. The minimum Gasteiger partial charge on any atom is -0.497 e. The summed E-state index contributed by atoms with van der Waals surface area (Å²) in [5.41, 5.74) is 8.47. The number of carbonyl (C=O) groups excluding carboxylic acids is 3. The van der Waals surface area contributed by atoms with E-state index < -0.39 is 23.9 Å². The number of hydrogen-bond donors (Lipinski definition) is 3. The Morgan fingerprint density at radius 1 is 0.872 bits per heavy atom. The van der Waals surface area contributed by atoms with E-state index in [2.05, 4.69) is 15.5 Å². The van der Waals surface area contributed by atoms with Crippen molar-refractivity contribution in [3.8, 4) is 5.75 Å². The predicted octanol–water partition coefficient (Wildman–Crippen LogP) is 2.60. The van der Waals surface area contributed by atoms with Crippen molar-refractivity contribution in [2.24, 2.45) is 5.73 Å². The maximum absolute atomic E-state index is 13.5. The minimum absolute atomic E-state index is 0.204. The van der Waals surface area contributed by atoms with Crippen LogP contribution in [0.5, 0.6) is 5.75 Å². The monoisotopic (exact) mass is 528 g/mol. The molecule has 0 saturated carbocycles. The van der Waals surface area contributed by atoms with Crippen LogP contribution in [0.2, 0.25) is 0 Å². The highest BCUT2D eigenvalue weighted by Crippen LogP contribution is 2.22. The van der Waals surface area contributed by atoms with Gasteiger partial charge < -0.3 is 21.1 Å². The zero-order chi connectivity index (χ0) is 27.6. The molecule has 1 heterocycles. The van der Waals surface area contributed by atoms with Crippen molar-refractivity contribution in [2.75, 3.05) is 13.7 Å². The molecule has 3 aromatic carbocycles. The topological polar surface area (TPSA) is 114 Å². The largest absolute Gasteiger partial charge is 0.497 e. The second-order valence-corrected chi connectivity index (χ2v) is 9.88. The molecule has 0 bridgehead atoms. The van der Waals surface area contributed by atoms with Gasteiger partial charge in [-0.25, -0.2) is 0 Å². The van der Waals surface area contributed by atoms with E-state index in [0.29, 0.717) is 13.0 Å². The Balaban J connectivity index is 1.47. The van der Waals surface area contributed by atoms with Crippen molar-refractivity contribution in [3.63, 3.8) is 0 Å². The van der Waals surface area contributed by atoms with Gasteiger partial charge in [-0.15, -0.1) is 0 Å². The highest BCUT2D eigenvalue weighted by atomic mass is 16.5. The number of likely N-dealkylation sites (tertiary alicyclic amines) is 1. The molecular weight excluding hydrogens is 492 g/mol. The number of amides is 3. The van der Waals surface area contributed by atoms with Crippen LogP contribution in [-0.4, -0.2) is 54.4 Å². The van der Waals surface area contributed by atoms with E-state index in [1.807, 2.05) is 84.9 Å². The molecule has 1 aliphatic rings. The fourth-order valence-corrected chi connectivity index (χ4v) is 4.99. The van der Waals surface area contributed by atoms with Crippen LogP contribution in [0.1, 0.15) is 29.5 Å². The van der Waals surface area contributed by atoms with Gasteiger partial charge in [-0.1, -0.05) is 72.8 Å². The SMILES string of the molecule is COc1cccc(CN2CCC[C@H]2C(=O)N[C@@H](Cc2ccccc2)C(=O)N[C@@H](Cc2ccccc2)C(N)=O)c1. The smallest absolute Gasteiger partial charge is 0.243 e. The lowest BCUT2D eigenvalue weighted by Crippen LogP contribution is -2.56. The van der Waals surface area contributed by atoms with Crippen LogP contribution in [-0.2, 0) is 33.8 Å². The van der Waals surface area contributed by atoms with Crippen molar-refractivity contribution < 1.29 is 19.1 Å². The number of primary amides is 1. The molecule has 0 unspecified atom stereocenters. The predicted molar refractivity (Wildman–Crippen MR) is 150 cm³/mol. The van der Waals surface area contributed by atoms with Gasteiger partial charge in [-0.05, 0) is 48.2 Å². The van der Waals surface area contributed by atoms with Crippen LogP contribution < -0.4 is 21.1 Å². The van der Waals surface area contributed by atoms with Gasteiger partial charge in [-0.3, -0.25) is 19.3 Å². The first-order chi connectivity index (χ1) is 18.9. The number of benzene rings is 3. The molecule has 0 aliphatic carbocycles. The summed E-state index contributed by atoms with van der Waals surface area (Å²) in [6.45, 7) is 1.39. The lowest BCUT2D eigenvalue weighted by atomic mass is 10.0. The van der Waals surface area contributed by atoms with Gasteiger partial charge in [0.2, 0.25) is 17.7 Å². The van der Waals surface area contributed by atoms with Gasteiger partial charge in [0.05, 0.1) is 13.2 Å². The van der Waals surface area contributed by atoms with Crippen LogP contribution in [0.3, 0.4) is 0 Å². The van der Waals surface area contributed by atoms with E-state index >= 15 is 0 Å². The first kappa shape index (κ1) is 27.9. The highest BCUT2D eigenvalue weighted by molar-refractivity contribution is 5.93. The zero-order valence-electron chi connectivity index (χ0n) is 22.2. The fraction of sp³-hybridized carbons (Fsp3) is 0.323. The lowest BCUT2D eigenvalue weighted by molar-refractivity contribution is -0.133. The molecule has 1 aliphatic heterocycles. The van der Waals surface area contributed by atoms with E-state index in [-0.39, 0.29) is 24.8 Å². The van der Waals surface area contributed by atoms with Crippen LogP contribution in [0.15, 0.2) is 84.9 Å². The quantitative estimate of drug-likeness (QED) is 0.334. The molecule has 1 fully saturated rings. The van der Waals surface area contributed by atoms with Crippen LogP contribution in [0, 0.1) is 0 Å². The van der Waals surface area contributed by atoms with Crippen molar-refractivity contribution in [3.05, 3.63) is 102 Å². The fourth-order valence-electron chi connectivity index (χ4n) is 4.99. The molecule has 3 amide bonds. The first-order valence-electron chi connectivity index (χ1n) is 13.3.